The summed E-state index contributed by atoms with van der Waals surface area (Å²) in [6.07, 6.45) is 0. The summed E-state index contributed by atoms with van der Waals surface area (Å²) in [5, 5.41) is 9.14. The number of hydrogen-bond acceptors (Lipinski definition) is 2. The Hall–Kier alpha value is -2.03. The average Bonchev–Trinajstić information content (AvgIpc) is 2.22. The predicted octanol–water partition coefficient (Wildman–Crippen LogP) is 3.09. The Kier molecular flexibility index (Phi) is 2.52. The second-order valence-corrected chi connectivity index (χ2v) is 3.74. The van der Waals surface area contributed by atoms with E-state index < -0.39 is 5.82 Å². The Labute approximate surface area is 93.2 Å². The molecule has 82 valence electrons. The molecule has 2 aromatic carbocycles. The van der Waals surface area contributed by atoms with Crippen LogP contribution in [0.3, 0.4) is 0 Å². The number of nitrogens with two attached hydrogens (primary N) is 1. The summed E-state index contributed by atoms with van der Waals surface area (Å²) < 4.78 is 13.6. The van der Waals surface area contributed by atoms with Crippen LogP contribution in [0.25, 0.3) is 11.1 Å². The molecule has 3 heteroatoms. The van der Waals surface area contributed by atoms with Crippen LogP contribution in [0.1, 0.15) is 5.56 Å². The van der Waals surface area contributed by atoms with Crippen LogP contribution in [0, 0.1) is 12.7 Å². The van der Waals surface area contributed by atoms with E-state index in [0.717, 1.165) is 17.2 Å². The fraction of sp³-hybridized carbons (Fsp3) is 0.0769. The number of aromatic hydroxyl groups is 1. The molecule has 0 unspecified atom stereocenters. The monoisotopic (exact) mass is 217 g/mol. The summed E-state index contributed by atoms with van der Waals surface area (Å²) in [6.45, 7) is 1.89. The third-order valence-corrected chi connectivity index (χ3v) is 2.50. The van der Waals surface area contributed by atoms with Gasteiger partial charge >= 0.3 is 0 Å². The lowest BCUT2D eigenvalue weighted by atomic mass is 9.99. The zero-order valence-corrected chi connectivity index (χ0v) is 8.87. The maximum absolute atomic E-state index is 13.6. The molecule has 0 fully saturated rings. The van der Waals surface area contributed by atoms with Crippen LogP contribution in [-0.4, -0.2) is 5.11 Å². The number of phenolic OH excluding ortho intramolecular Hbond substituents is 1. The lowest BCUT2D eigenvalue weighted by molar-refractivity contribution is 0.469. The minimum Gasteiger partial charge on any atom is -0.508 e. The zero-order valence-electron chi connectivity index (χ0n) is 8.87. The molecule has 16 heavy (non-hydrogen) atoms. The van der Waals surface area contributed by atoms with Crippen molar-refractivity contribution in [3.63, 3.8) is 0 Å². The maximum Gasteiger partial charge on any atom is 0.134 e. The van der Waals surface area contributed by atoms with Gasteiger partial charge in [-0.3, -0.25) is 0 Å². The van der Waals surface area contributed by atoms with E-state index in [2.05, 4.69) is 0 Å². The number of hydrogen-bond donors (Lipinski definition) is 2. The molecular formula is C13H12FNO. The summed E-state index contributed by atoms with van der Waals surface area (Å²) in [5.41, 5.74) is 8.40. The third-order valence-electron chi connectivity index (χ3n) is 2.50. The molecule has 0 saturated carbocycles. The van der Waals surface area contributed by atoms with Gasteiger partial charge in [0.15, 0.2) is 0 Å². The lowest BCUT2D eigenvalue weighted by Gasteiger charge is -2.08. The molecule has 0 bridgehead atoms. The fourth-order valence-corrected chi connectivity index (χ4v) is 1.65. The van der Waals surface area contributed by atoms with E-state index in [0.29, 0.717) is 11.3 Å². The molecule has 0 saturated heterocycles. The first-order chi connectivity index (χ1) is 7.58. The van der Waals surface area contributed by atoms with Crippen molar-refractivity contribution in [2.75, 3.05) is 5.73 Å². The van der Waals surface area contributed by atoms with Crippen LogP contribution >= 0.6 is 0 Å². The smallest absolute Gasteiger partial charge is 0.134 e. The Morgan fingerprint density at radius 1 is 1.06 bits per heavy atom. The lowest BCUT2D eigenvalue weighted by Crippen LogP contribution is -1.91. The van der Waals surface area contributed by atoms with Gasteiger partial charge in [0.25, 0.3) is 0 Å². The van der Waals surface area contributed by atoms with Crippen LogP contribution in [0.5, 0.6) is 5.75 Å². The van der Waals surface area contributed by atoms with E-state index in [-0.39, 0.29) is 5.75 Å². The number of aryl methyl sites for hydroxylation is 1. The second kappa shape index (κ2) is 3.85. The summed E-state index contributed by atoms with van der Waals surface area (Å²) in [5.74, 6) is -0.531. The highest BCUT2D eigenvalue weighted by molar-refractivity contribution is 5.71. The molecule has 0 aromatic heterocycles. The summed E-state index contributed by atoms with van der Waals surface area (Å²) in [4.78, 5) is 0. The predicted molar refractivity (Wildman–Crippen MR) is 62.7 cm³/mol. The van der Waals surface area contributed by atoms with E-state index in [1.54, 1.807) is 18.2 Å². The van der Waals surface area contributed by atoms with Crippen molar-refractivity contribution in [3.8, 4) is 16.9 Å². The van der Waals surface area contributed by atoms with Crippen molar-refractivity contribution in [1.82, 2.24) is 0 Å². The molecule has 3 N–H and O–H groups in total. The van der Waals surface area contributed by atoms with Crippen molar-refractivity contribution in [1.29, 1.82) is 0 Å². The van der Waals surface area contributed by atoms with Crippen molar-refractivity contribution < 1.29 is 9.50 Å². The summed E-state index contributed by atoms with van der Waals surface area (Å²) in [6, 6.07) is 9.45. The van der Waals surface area contributed by atoms with Gasteiger partial charge in [0.2, 0.25) is 0 Å². The fourth-order valence-electron chi connectivity index (χ4n) is 1.65. The molecule has 0 spiro atoms. The Morgan fingerprint density at radius 3 is 2.50 bits per heavy atom. The topological polar surface area (TPSA) is 46.2 Å². The van der Waals surface area contributed by atoms with Crippen LogP contribution in [0.4, 0.5) is 10.1 Å². The Balaban J connectivity index is 2.62. The van der Waals surface area contributed by atoms with Crippen molar-refractivity contribution in [2.24, 2.45) is 0 Å². The normalized spacial score (nSPS) is 10.4. The molecule has 0 amide bonds. The molecule has 0 heterocycles. The first-order valence-electron chi connectivity index (χ1n) is 4.93. The quantitative estimate of drug-likeness (QED) is 0.721. The molecule has 0 aliphatic rings. The Morgan fingerprint density at radius 2 is 1.81 bits per heavy atom. The van der Waals surface area contributed by atoms with Crippen molar-refractivity contribution in [2.45, 2.75) is 6.92 Å². The SMILES string of the molecule is Cc1ccc(N)cc1-c1ccc(O)cc1F. The standard InChI is InChI=1S/C13H12FNO/c1-8-2-3-9(15)6-12(8)11-5-4-10(16)7-13(11)14/h2-7,16H,15H2,1H3. The summed E-state index contributed by atoms with van der Waals surface area (Å²) >= 11 is 0. The van der Waals surface area contributed by atoms with Gasteiger partial charge in [-0.05, 0) is 42.3 Å². The van der Waals surface area contributed by atoms with E-state index in [1.165, 1.54) is 6.07 Å². The van der Waals surface area contributed by atoms with Gasteiger partial charge in [-0.1, -0.05) is 6.07 Å². The summed E-state index contributed by atoms with van der Waals surface area (Å²) in [7, 11) is 0. The number of nitrogen functional groups attached to an aromatic ring is 1. The van der Waals surface area contributed by atoms with E-state index in [1.807, 2.05) is 13.0 Å². The average molecular weight is 217 g/mol. The van der Waals surface area contributed by atoms with E-state index in [4.69, 9.17) is 10.8 Å². The molecule has 2 rings (SSSR count). The highest BCUT2D eigenvalue weighted by Crippen LogP contribution is 2.29. The van der Waals surface area contributed by atoms with Crippen molar-refractivity contribution in [3.05, 3.63) is 47.8 Å². The van der Waals surface area contributed by atoms with Crippen molar-refractivity contribution >= 4 is 5.69 Å². The minimum atomic E-state index is -0.450. The molecule has 0 aliphatic carbocycles. The largest absolute Gasteiger partial charge is 0.508 e. The molecule has 0 atom stereocenters. The molecule has 2 nitrogen and oxygen atoms in total. The number of halogens is 1. The molecule has 2 aromatic rings. The maximum atomic E-state index is 13.6. The minimum absolute atomic E-state index is 0.0807. The molecule has 0 radical (unpaired) electrons. The van der Waals surface area contributed by atoms with Crippen LogP contribution in [0.2, 0.25) is 0 Å². The number of anilines is 1. The second-order valence-electron chi connectivity index (χ2n) is 3.74. The number of rotatable bonds is 1. The van der Waals surface area contributed by atoms with Gasteiger partial charge in [0, 0.05) is 17.3 Å². The zero-order chi connectivity index (χ0) is 11.7. The van der Waals surface area contributed by atoms with Gasteiger partial charge in [-0.15, -0.1) is 0 Å². The van der Waals surface area contributed by atoms with Gasteiger partial charge in [0.05, 0.1) is 0 Å². The highest BCUT2D eigenvalue weighted by atomic mass is 19.1. The first-order valence-corrected chi connectivity index (χ1v) is 4.93. The molecule has 0 aliphatic heterocycles. The molecular weight excluding hydrogens is 205 g/mol. The van der Waals surface area contributed by atoms with E-state index in [9.17, 15) is 4.39 Å². The van der Waals surface area contributed by atoms with Gasteiger partial charge in [-0.25, -0.2) is 4.39 Å². The third kappa shape index (κ3) is 1.84. The van der Waals surface area contributed by atoms with Crippen LogP contribution < -0.4 is 5.73 Å². The Bertz CT molecular complexity index is 537. The van der Waals surface area contributed by atoms with E-state index >= 15 is 0 Å². The van der Waals surface area contributed by atoms with Gasteiger partial charge < -0.3 is 10.8 Å². The van der Waals surface area contributed by atoms with Crippen LogP contribution in [-0.2, 0) is 0 Å². The van der Waals surface area contributed by atoms with Gasteiger partial charge in [-0.2, -0.15) is 0 Å². The first kappa shape index (κ1) is 10.5. The number of phenols is 1. The number of benzene rings is 2. The highest BCUT2D eigenvalue weighted by Gasteiger charge is 2.08. The van der Waals surface area contributed by atoms with Gasteiger partial charge in [0.1, 0.15) is 11.6 Å². The van der Waals surface area contributed by atoms with Crippen LogP contribution in [0.15, 0.2) is 36.4 Å².